The molecule has 2 unspecified atom stereocenters. The number of hydrogen-bond acceptors (Lipinski definition) is 4. The number of benzene rings is 1. The Bertz CT molecular complexity index is 676. The van der Waals surface area contributed by atoms with Crippen LogP contribution in [0.25, 0.3) is 0 Å². The van der Waals surface area contributed by atoms with Gasteiger partial charge in [-0.15, -0.1) is 0 Å². The lowest BCUT2D eigenvalue weighted by Crippen LogP contribution is -2.45. The van der Waals surface area contributed by atoms with Crippen LogP contribution in [0.3, 0.4) is 0 Å². The van der Waals surface area contributed by atoms with E-state index in [0.29, 0.717) is 43.9 Å². The zero-order valence-corrected chi connectivity index (χ0v) is 15.9. The molecule has 0 bridgehead atoms. The Balaban J connectivity index is 1.78. The fraction of sp³-hybridized carbons (Fsp3) is 0.550. The summed E-state index contributed by atoms with van der Waals surface area (Å²) in [7, 11) is 0. The first kappa shape index (κ1) is 20.7. The van der Waals surface area contributed by atoms with Crippen molar-refractivity contribution in [1.82, 2.24) is 10.2 Å². The molecule has 0 radical (unpaired) electrons. The summed E-state index contributed by atoms with van der Waals surface area (Å²) in [5.74, 6) is -0.915. The van der Waals surface area contributed by atoms with E-state index in [9.17, 15) is 19.5 Å². The lowest BCUT2D eigenvalue weighted by molar-refractivity contribution is -0.146. The van der Waals surface area contributed by atoms with E-state index in [1.807, 2.05) is 19.9 Å². The maximum atomic E-state index is 12.4. The number of carbonyl (C=O) groups excluding carboxylic acids is 2. The number of likely N-dealkylation sites (tertiary alicyclic amines) is 1. The van der Waals surface area contributed by atoms with Gasteiger partial charge < -0.3 is 20.1 Å². The lowest BCUT2D eigenvalue weighted by atomic mass is 9.90. The number of nitrogens with zero attached hydrogens (tertiary/aromatic N) is 1. The van der Waals surface area contributed by atoms with E-state index in [4.69, 9.17) is 4.74 Å². The van der Waals surface area contributed by atoms with Crippen LogP contribution in [0.4, 0.5) is 0 Å². The Morgan fingerprint density at radius 2 is 2.00 bits per heavy atom. The summed E-state index contributed by atoms with van der Waals surface area (Å²) in [6.45, 7) is 5.53. The van der Waals surface area contributed by atoms with Gasteiger partial charge in [0.05, 0.1) is 18.1 Å². The van der Waals surface area contributed by atoms with Gasteiger partial charge >= 0.3 is 5.97 Å². The molecule has 1 aliphatic heterocycles. The standard InChI is InChI=1S/C20H28N2O5/c1-3-27-17-8-5-4-7-16(17)19(24)21-10-6-9-18(23)22-12-14(2)11-15(13-22)20(25)26/h4-5,7-8,14-15H,3,6,9-13H2,1-2H3,(H,21,24)(H,25,26). The molecule has 7 nitrogen and oxygen atoms in total. The van der Waals surface area contributed by atoms with Crippen molar-refractivity contribution in [3.63, 3.8) is 0 Å². The average molecular weight is 376 g/mol. The summed E-state index contributed by atoms with van der Waals surface area (Å²) >= 11 is 0. The minimum Gasteiger partial charge on any atom is -0.493 e. The molecule has 1 saturated heterocycles. The second-order valence-corrected chi connectivity index (χ2v) is 6.96. The largest absolute Gasteiger partial charge is 0.493 e. The van der Waals surface area contributed by atoms with Crippen molar-refractivity contribution < 1.29 is 24.2 Å². The number of carbonyl (C=O) groups is 3. The van der Waals surface area contributed by atoms with Gasteiger partial charge in [-0.2, -0.15) is 0 Å². The molecule has 0 aromatic heterocycles. The molecule has 1 aromatic rings. The van der Waals surface area contributed by atoms with Gasteiger partial charge in [0.25, 0.3) is 5.91 Å². The Hall–Kier alpha value is -2.57. The van der Waals surface area contributed by atoms with Crippen LogP contribution in [-0.2, 0) is 9.59 Å². The van der Waals surface area contributed by atoms with Crippen molar-refractivity contribution in [2.45, 2.75) is 33.1 Å². The van der Waals surface area contributed by atoms with E-state index in [2.05, 4.69) is 5.32 Å². The molecule has 2 amide bonds. The van der Waals surface area contributed by atoms with E-state index in [0.717, 1.165) is 0 Å². The maximum Gasteiger partial charge on any atom is 0.308 e. The minimum atomic E-state index is -0.848. The molecule has 0 spiro atoms. The molecule has 1 aliphatic rings. The molecule has 7 heteroatoms. The normalized spacial score (nSPS) is 19.4. The van der Waals surface area contributed by atoms with Crippen molar-refractivity contribution in [2.24, 2.45) is 11.8 Å². The molecule has 2 atom stereocenters. The van der Waals surface area contributed by atoms with Gasteiger partial charge in [-0.25, -0.2) is 0 Å². The third-order valence-electron chi connectivity index (χ3n) is 4.65. The quantitative estimate of drug-likeness (QED) is 0.678. The number of carboxylic acid groups (broad SMARTS) is 1. The van der Waals surface area contributed by atoms with Gasteiger partial charge in [-0.05, 0) is 37.8 Å². The van der Waals surface area contributed by atoms with Crippen LogP contribution in [0, 0.1) is 11.8 Å². The van der Waals surface area contributed by atoms with Crippen molar-refractivity contribution in [3.05, 3.63) is 29.8 Å². The van der Waals surface area contributed by atoms with Gasteiger partial charge in [0.1, 0.15) is 5.75 Å². The van der Waals surface area contributed by atoms with E-state index in [1.165, 1.54) is 0 Å². The maximum absolute atomic E-state index is 12.4. The number of piperidine rings is 1. The van der Waals surface area contributed by atoms with E-state index >= 15 is 0 Å². The number of carboxylic acids is 1. The Kier molecular flexibility index (Phi) is 7.64. The molecule has 148 valence electrons. The highest BCUT2D eigenvalue weighted by atomic mass is 16.5. The highest BCUT2D eigenvalue weighted by Crippen LogP contribution is 2.22. The fourth-order valence-corrected chi connectivity index (χ4v) is 3.36. The molecule has 1 fully saturated rings. The van der Waals surface area contributed by atoms with Crippen LogP contribution >= 0.6 is 0 Å². The smallest absolute Gasteiger partial charge is 0.308 e. The summed E-state index contributed by atoms with van der Waals surface area (Å²) in [6, 6.07) is 7.03. The number of rotatable bonds is 8. The fourth-order valence-electron chi connectivity index (χ4n) is 3.36. The van der Waals surface area contributed by atoms with E-state index in [1.54, 1.807) is 23.1 Å². The first-order valence-corrected chi connectivity index (χ1v) is 9.43. The Morgan fingerprint density at radius 3 is 2.70 bits per heavy atom. The second kappa shape index (κ2) is 9.94. The van der Waals surface area contributed by atoms with Crippen molar-refractivity contribution in [3.8, 4) is 5.75 Å². The number of ether oxygens (including phenoxy) is 1. The number of nitrogens with one attached hydrogen (secondary N) is 1. The predicted molar refractivity (Wildman–Crippen MR) is 101 cm³/mol. The molecular weight excluding hydrogens is 348 g/mol. The van der Waals surface area contributed by atoms with Crippen molar-refractivity contribution in [2.75, 3.05) is 26.2 Å². The van der Waals surface area contributed by atoms with E-state index in [-0.39, 0.29) is 30.7 Å². The lowest BCUT2D eigenvalue weighted by Gasteiger charge is -2.34. The third-order valence-corrected chi connectivity index (χ3v) is 4.65. The Morgan fingerprint density at radius 1 is 1.26 bits per heavy atom. The number of amides is 2. The summed E-state index contributed by atoms with van der Waals surface area (Å²) in [6.07, 6.45) is 1.39. The van der Waals surface area contributed by atoms with Crippen LogP contribution in [0.1, 0.15) is 43.5 Å². The van der Waals surface area contributed by atoms with Gasteiger partial charge in [0, 0.05) is 26.1 Å². The first-order chi connectivity index (χ1) is 12.9. The summed E-state index contributed by atoms with van der Waals surface area (Å²) in [4.78, 5) is 37.5. The summed E-state index contributed by atoms with van der Waals surface area (Å²) in [5, 5.41) is 12.0. The average Bonchev–Trinajstić information content (AvgIpc) is 2.65. The van der Waals surface area contributed by atoms with Crippen LogP contribution in [0.5, 0.6) is 5.75 Å². The first-order valence-electron chi connectivity index (χ1n) is 9.43. The van der Waals surface area contributed by atoms with Crippen molar-refractivity contribution in [1.29, 1.82) is 0 Å². The molecule has 0 saturated carbocycles. The van der Waals surface area contributed by atoms with Crippen LogP contribution in [-0.4, -0.2) is 54.0 Å². The van der Waals surface area contributed by atoms with Gasteiger partial charge in [0.15, 0.2) is 0 Å². The highest BCUT2D eigenvalue weighted by Gasteiger charge is 2.31. The molecular formula is C20H28N2O5. The zero-order chi connectivity index (χ0) is 19.8. The topological polar surface area (TPSA) is 95.9 Å². The van der Waals surface area contributed by atoms with Gasteiger partial charge in [-0.1, -0.05) is 19.1 Å². The molecule has 2 N–H and O–H groups in total. The monoisotopic (exact) mass is 376 g/mol. The summed E-state index contributed by atoms with van der Waals surface area (Å²) in [5.41, 5.74) is 0.472. The molecule has 2 rings (SSSR count). The second-order valence-electron chi connectivity index (χ2n) is 6.96. The zero-order valence-electron chi connectivity index (χ0n) is 15.9. The molecule has 27 heavy (non-hydrogen) atoms. The molecule has 1 aromatic carbocycles. The number of hydrogen-bond donors (Lipinski definition) is 2. The minimum absolute atomic E-state index is 0.0586. The SMILES string of the molecule is CCOc1ccccc1C(=O)NCCCC(=O)N1CC(C)CC(C(=O)O)C1. The number of para-hydroxylation sites is 1. The Labute approximate surface area is 159 Å². The number of aliphatic carboxylic acids is 1. The highest BCUT2D eigenvalue weighted by molar-refractivity contribution is 5.96. The summed E-state index contributed by atoms with van der Waals surface area (Å²) < 4.78 is 5.45. The van der Waals surface area contributed by atoms with Gasteiger partial charge in [-0.3, -0.25) is 14.4 Å². The van der Waals surface area contributed by atoms with Crippen molar-refractivity contribution >= 4 is 17.8 Å². The van der Waals surface area contributed by atoms with Crippen LogP contribution in [0.2, 0.25) is 0 Å². The van der Waals surface area contributed by atoms with Gasteiger partial charge in [0.2, 0.25) is 5.91 Å². The predicted octanol–water partition coefficient (Wildman–Crippen LogP) is 2.16. The molecule has 1 heterocycles. The third kappa shape index (κ3) is 5.98. The van der Waals surface area contributed by atoms with E-state index < -0.39 is 11.9 Å². The van der Waals surface area contributed by atoms with Crippen LogP contribution < -0.4 is 10.1 Å². The molecule has 0 aliphatic carbocycles. The van der Waals surface area contributed by atoms with Crippen LogP contribution in [0.15, 0.2) is 24.3 Å².